The number of rotatable bonds is 1. The van der Waals surface area contributed by atoms with Crippen LogP contribution in [0.5, 0.6) is 0 Å². The number of nitrogens with zero attached hydrogens (tertiary/aromatic N) is 3. The Kier molecular flexibility index (Phi) is 3.57. The summed E-state index contributed by atoms with van der Waals surface area (Å²) in [6.45, 7) is 4.19. The van der Waals surface area contributed by atoms with Crippen molar-refractivity contribution in [2.75, 3.05) is 18.0 Å². The first-order valence-electron chi connectivity index (χ1n) is 5.52. The van der Waals surface area contributed by atoms with Crippen LogP contribution >= 0.6 is 15.9 Å². The second-order valence-electron chi connectivity index (χ2n) is 4.03. The van der Waals surface area contributed by atoms with Crippen molar-refractivity contribution in [3.05, 3.63) is 16.4 Å². The maximum Gasteiger partial charge on any atom is 0.226 e. The first-order chi connectivity index (χ1) is 7.25. The van der Waals surface area contributed by atoms with Crippen molar-refractivity contribution in [1.29, 1.82) is 0 Å². The maximum absolute atomic E-state index is 4.48. The third kappa shape index (κ3) is 2.91. The molecule has 15 heavy (non-hydrogen) atoms. The van der Waals surface area contributed by atoms with Crippen LogP contribution in [0.3, 0.4) is 0 Å². The average molecular weight is 270 g/mol. The van der Waals surface area contributed by atoms with Gasteiger partial charge in [0.2, 0.25) is 5.95 Å². The van der Waals surface area contributed by atoms with Crippen molar-refractivity contribution >= 4 is 21.9 Å². The Bertz CT molecular complexity index is 312. The molecule has 0 radical (unpaired) electrons. The molecule has 2 heterocycles. The van der Waals surface area contributed by atoms with Crippen LogP contribution < -0.4 is 4.90 Å². The molecule has 1 aliphatic heterocycles. The van der Waals surface area contributed by atoms with Gasteiger partial charge >= 0.3 is 0 Å². The lowest BCUT2D eigenvalue weighted by Crippen LogP contribution is -2.26. The zero-order valence-electron chi connectivity index (χ0n) is 9.04. The Morgan fingerprint density at radius 3 is 2.40 bits per heavy atom. The average Bonchev–Trinajstić information content (AvgIpc) is 2.43. The van der Waals surface area contributed by atoms with Gasteiger partial charge in [-0.1, -0.05) is 12.8 Å². The number of anilines is 1. The third-order valence-electron chi connectivity index (χ3n) is 2.70. The lowest BCUT2D eigenvalue weighted by molar-refractivity contribution is 0.726. The minimum atomic E-state index is 0.878. The fraction of sp³-hybridized carbons (Fsp3) is 0.636. The van der Waals surface area contributed by atoms with Crippen molar-refractivity contribution in [2.24, 2.45) is 0 Å². The molecule has 0 spiro atoms. The Morgan fingerprint density at radius 1 is 1.13 bits per heavy atom. The van der Waals surface area contributed by atoms with Crippen LogP contribution in [-0.2, 0) is 0 Å². The molecule has 1 aliphatic rings. The summed E-state index contributed by atoms with van der Waals surface area (Å²) in [5.41, 5.74) is 1.02. The molecule has 0 atom stereocenters. The second kappa shape index (κ2) is 4.92. The molecule has 0 bridgehead atoms. The van der Waals surface area contributed by atoms with Crippen molar-refractivity contribution in [3.63, 3.8) is 0 Å². The van der Waals surface area contributed by atoms with Crippen molar-refractivity contribution in [2.45, 2.75) is 32.6 Å². The molecule has 1 aromatic rings. The highest BCUT2D eigenvalue weighted by Gasteiger charge is 2.12. The Balaban J connectivity index is 2.19. The highest BCUT2D eigenvalue weighted by molar-refractivity contribution is 9.10. The van der Waals surface area contributed by atoms with Crippen LogP contribution in [0.4, 0.5) is 5.95 Å². The highest BCUT2D eigenvalue weighted by atomic mass is 79.9. The zero-order valence-corrected chi connectivity index (χ0v) is 10.6. The van der Waals surface area contributed by atoms with E-state index in [0.717, 1.165) is 29.3 Å². The molecule has 0 N–H and O–H groups in total. The normalized spacial score (nSPS) is 17.6. The predicted octanol–water partition coefficient (Wildman–Crippen LogP) is 2.93. The lowest BCUT2D eigenvalue weighted by atomic mass is 10.2. The SMILES string of the molecule is Cc1cc(Br)nc(N2CCCCCC2)n1. The minimum absolute atomic E-state index is 0.878. The Hall–Kier alpha value is -0.640. The quantitative estimate of drug-likeness (QED) is 0.735. The van der Waals surface area contributed by atoms with Crippen LogP contribution in [0.2, 0.25) is 0 Å². The van der Waals surface area contributed by atoms with Gasteiger partial charge in [0.25, 0.3) is 0 Å². The Labute approximate surface area is 99.0 Å². The smallest absolute Gasteiger partial charge is 0.226 e. The van der Waals surface area contributed by atoms with Gasteiger partial charge in [-0.2, -0.15) is 0 Å². The molecular weight excluding hydrogens is 254 g/mol. The van der Waals surface area contributed by atoms with Crippen LogP contribution in [0.1, 0.15) is 31.4 Å². The summed E-state index contributed by atoms with van der Waals surface area (Å²) < 4.78 is 0.884. The van der Waals surface area contributed by atoms with E-state index in [4.69, 9.17) is 0 Å². The van der Waals surface area contributed by atoms with Gasteiger partial charge in [-0.25, -0.2) is 9.97 Å². The molecule has 1 aromatic heterocycles. The molecule has 4 heteroatoms. The molecule has 0 aromatic carbocycles. The van der Waals surface area contributed by atoms with Gasteiger partial charge in [0.15, 0.2) is 0 Å². The molecular formula is C11H16BrN3. The summed E-state index contributed by atoms with van der Waals surface area (Å²) in [7, 11) is 0. The van der Waals surface area contributed by atoms with E-state index in [2.05, 4.69) is 30.8 Å². The number of halogens is 1. The number of hydrogen-bond acceptors (Lipinski definition) is 3. The molecule has 0 saturated carbocycles. The van der Waals surface area contributed by atoms with E-state index in [1.807, 2.05) is 13.0 Å². The number of aromatic nitrogens is 2. The summed E-state index contributed by atoms with van der Waals surface area (Å²) in [4.78, 5) is 11.2. The highest BCUT2D eigenvalue weighted by Crippen LogP contribution is 2.18. The van der Waals surface area contributed by atoms with E-state index in [-0.39, 0.29) is 0 Å². The molecule has 82 valence electrons. The van der Waals surface area contributed by atoms with E-state index in [9.17, 15) is 0 Å². The summed E-state index contributed by atoms with van der Waals surface area (Å²) in [5, 5.41) is 0. The van der Waals surface area contributed by atoms with Gasteiger partial charge in [0.05, 0.1) is 0 Å². The topological polar surface area (TPSA) is 29.0 Å². The van der Waals surface area contributed by atoms with E-state index in [0.29, 0.717) is 0 Å². The van der Waals surface area contributed by atoms with E-state index in [1.165, 1.54) is 25.7 Å². The fourth-order valence-corrected chi connectivity index (χ4v) is 2.42. The third-order valence-corrected chi connectivity index (χ3v) is 3.11. The second-order valence-corrected chi connectivity index (χ2v) is 4.85. The van der Waals surface area contributed by atoms with Gasteiger partial charge in [0, 0.05) is 18.8 Å². The lowest BCUT2D eigenvalue weighted by Gasteiger charge is -2.20. The summed E-state index contributed by atoms with van der Waals surface area (Å²) in [6, 6.07) is 1.95. The molecule has 1 saturated heterocycles. The zero-order chi connectivity index (χ0) is 10.7. The number of hydrogen-bond donors (Lipinski definition) is 0. The molecule has 3 nitrogen and oxygen atoms in total. The Morgan fingerprint density at radius 2 is 1.80 bits per heavy atom. The van der Waals surface area contributed by atoms with Crippen molar-refractivity contribution in [1.82, 2.24) is 9.97 Å². The monoisotopic (exact) mass is 269 g/mol. The van der Waals surface area contributed by atoms with Gasteiger partial charge < -0.3 is 4.90 Å². The van der Waals surface area contributed by atoms with Crippen molar-refractivity contribution < 1.29 is 0 Å². The first-order valence-corrected chi connectivity index (χ1v) is 6.31. The molecule has 0 amide bonds. The summed E-state index contributed by atoms with van der Waals surface area (Å²) >= 11 is 3.42. The standard InChI is InChI=1S/C11H16BrN3/c1-9-8-10(12)14-11(13-9)15-6-4-2-3-5-7-15/h8H,2-7H2,1H3. The van der Waals surface area contributed by atoms with Gasteiger partial charge in [-0.3, -0.25) is 0 Å². The van der Waals surface area contributed by atoms with Crippen LogP contribution in [0, 0.1) is 6.92 Å². The summed E-state index contributed by atoms with van der Waals surface area (Å²) in [6.07, 6.45) is 5.19. The van der Waals surface area contributed by atoms with E-state index >= 15 is 0 Å². The molecule has 1 fully saturated rings. The van der Waals surface area contributed by atoms with E-state index < -0.39 is 0 Å². The maximum atomic E-state index is 4.48. The molecule has 2 rings (SSSR count). The van der Waals surface area contributed by atoms with Crippen LogP contribution in [0.15, 0.2) is 10.7 Å². The summed E-state index contributed by atoms with van der Waals surface area (Å²) in [5.74, 6) is 0.878. The molecule has 0 aliphatic carbocycles. The first kappa shape index (κ1) is 10.9. The van der Waals surface area contributed by atoms with Crippen LogP contribution in [-0.4, -0.2) is 23.1 Å². The van der Waals surface area contributed by atoms with Gasteiger partial charge in [-0.05, 0) is 41.8 Å². The largest absolute Gasteiger partial charge is 0.341 e. The van der Waals surface area contributed by atoms with Crippen LogP contribution in [0.25, 0.3) is 0 Å². The van der Waals surface area contributed by atoms with Gasteiger partial charge in [-0.15, -0.1) is 0 Å². The number of aryl methyl sites for hydroxylation is 1. The minimum Gasteiger partial charge on any atom is -0.341 e. The van der Waals surface area contributed by atoms with Crippen molar-refractivity contribution in [3.8, 4) is 0 Å². The predicted molar refractivity (Wildman–Crippen MR) is 65.2 cm³/mol. The van der Waals surface area contributed by atoms with E-state index in [1.54, 1.807) is 0 Å². The molecule has 0 unspecified atom stereocenters. The van der Waals surface area contributed by atoms with Gasteiger partial charge in [0.1, 0.15) is 4.60 Å². The fourth-order valence-electron chi connectivity index (χ4n) is 1.93.